The van der Waals surface area contributed by atoms with Gasteiger partial charge < -0.3 is 15.2 Å². The Morgan fingerprint density at radius 3 is 2.00 bits per heavy atom. The fraction of sp³-hybridized carbons (Fsp3) is 0.625. The molecular weight excluding hydrogens is 440 g/mol. The molecule has 2 rings (SSSR count). The molecule has 0 aromatic heterocycles. The lowest BCUT2D eigenvalue weighted by molar-refractivity contribution is -0.148. The lowest BCUT2D eigenvalue weighted by atomic mass is 9.90. The zero-order valence-corrected chi connectivity index (χ0v) is 15.8. The van der Waals surface area contributed by atoms with Gasteiger partial charge in [0, 0.05) is 31.7 Å². The fourth-order valence-electron chi connectivity index (χ4n) is 3.16. The zero-order valence-electron chi connectivity index (χ0n) is 15.0. The largest absolute Gasteiger partial charge is 0.496 e. The molecule has 4 nitrogen and oxygen atoms in total. The van der Waals surface area contributed by atoms with Crippen molar-refractivity contribution in [3.05, 3.63) is 28.8 Å². The number of nitrogens with one attached hydrogen (secondary N) is 1. The monoisotopic (exact) mass is 458 g/mol. The van der Waals surface area contributed by atoms with Crippen molar-refractivity contribution < 1.29 is 45.0 Å². The third kappa shape index (κ3) is 5.62. The van der Waals surface area contributed by atoms with E-state index < -0.39 is 53.4 Å². The Balaban J connectivity index is 0.00000420. The summed E-state index contributed by atoms with van der Waals surface area (Å²) < 4.78 is 114. The predicted octanol–water partition coefficient (Wildman–Crippen LogP) is 3.73. The minimum Gasteiger partial charge on any atom is -0.496 e. The number of aliphatic hydroxyl groups is 1. The molecule has 1 saturated heterocycles. The number of ether oxygens (including phenoxy) is 1. The van der Waals surface area contributed by atoms with Crippen molar-refractivity contribution in [2.24, 2.45) is 0 Å². The van der Waals surface area contributed by atoms with Gasteiger partial charge in [0.05, 0.1) is 18.2 Å². The van der Waals surface area contributed by atoms with Crippen LogP contribution in [0.3, 0.4) is 0 Å². The SMILES string of the molecule is COc1cc(C(F)(F)F)cc(C(F)(F)F)c1[C@@H](N1CCNCC1)C(F)(F)CO.Cl. The number of nitrogens with zero attached hydrogens (tertiary/aromatic N) is 1. The Morgan fingerprint density at radius 1 is 1.03 bits per heavy atom. The van der Waals surface area contributed by atoms with Gasteiger partial charge in [-0.05, 0) is 12.1 Å². The molecule has 0 radical (unpaired) electrons. The summed E-state index contributed by atoms with van der Waals surface area (Å²) in [5.74, 6) is -5.04. The van der Waals surface area contributed by atoms with E-state index in [1.165, 1.54) is 0 Å². The summed E-state index contributed by atoms with van der Waals surface area (Å²) >= 11 is 0. The predicted molar refractivity (Wildman–Crippen MR) is 89.5 cm³/mol. The molecule has 168 valence electrons. The number of halogens is 9. The highest BCUT2D eigenvalue weighted by molar-refractivity contribution is 5.85. The van der Waals surface area contributed by atoms with Crippen LogP contribution in [0.1, 0.15) is 22.7 Å². The van der Waals surface area contributed by atoms with Crippen LogP contribution < -0.4 is 10.1 Å². The summed E-state index contributed by atoms with van der Waals surface area (Å²) in [5, 5.41) is 11.9. The van der Waals surface area contributed by atoms with Crippen molar-refractivity contribution in [2.75, 3.05) is 39.9 Å². The van der Waals surface area contributed by atoms with Crippen LogP contribution in [0.5, 0.6) is 5.75 Å². The van der Waals surface area contributed by atoms with Crippen LogP contribution in [0.25, 0.3) is 0 Å². The highest BCUT2D eigenvalue weighted by Crippen LogP contribution is 2.48. The first-order valence-electron chi connectivity index (χ1n) is 8.12. The van der Waals surface area contributed by atoms with Crippen LogP contribution in [-0.2, 0) is 12.4 Å². The van der Waals surface area contributed by atoms with Crippen LogP contribution in [0.4, 0.5) is 35.1 Å². The highest BCUT2D eigenvalue weighted by Gasteiger charge is 2.50. The minimum absolute atomic E-state index is 0. The molecule has 1 aliphatic heterocycles. The molecule has 1 atom stereocenters. The Bertz CT molecular complexity index is 691. The summed E-state index contributed by atoms with van der Waals surface area (Å²) in [5.41, 5.74) is -4.69. The lowest BCUT2D eigenvalue weighted by Gasteiger charge is -2.40. The molecule has 1 aromatic rings. The number of hydrogen-bond donors (Lipinski definition) is 2. The third-order valence-electron chi connectivity index (χ3n) is 4.40. The number of alkyl halides is 8. The molecule has 0 bridgehead atoms. The zero-order chi connectivity index (χ0) is 21.3. The van der Waals surface area contributed by atoms with Gasteiger partial charge in [0.25, 0.3) is 5.92 Å². The van der Waals surface area contributed by atoms with Gasteiger partial charge in [-0.2, -0.15) is 26.3 Å². The molecule has 0 aliphatic carbocycles. The summed E-state index contributed by atoms with van der Waals surface area (Å²) in [4.78, 5) is 0.993. The molecule has 1 fully saturated rings. The molecule has 1 heterocycles. The van der Waals surface area contributed by atoms with Gasteiger partial charge in [-0.3, -0.25) is 4.90 Å². The van der Waals surface area contributed by atoms with Crippen LogP contribution in [-0.4, -0.2) is 55.8 Å². The van der Waals surface area contributed by atoms with E-state index >= 15 is 0 Å². The van der Waals surface area contributed by atoms with Gasteiger partial charge >= 0.3 is 12.4 Å². The summed E-state index contributed by atoms with van der Waals surface area (Å²) in [6.45, 7) is -1.61. The van der Waals surface area contributed by atoms with Gasteiger partial charge in [0.2, 0.25) is 0 Å². The number of benzene rings is 1. The van der Waals surface area contributed by atoms with Crippen LogP contribution in [0, 0.1) is 0 Å². The van der Waals surface area contributed by atoms with Crippen LogP contribution in [0.2, 0.25) is 0 Å². The number of hydrogen-bond acceptors (Lipinski definition) is 4. The van der Waals surface area contributed by atoms with Gasteiger partial charge in [0.1, 0.15) is 18.4 Å². The maximum absolute atomic E-state index is 14.5. The van der Waals surface area contributed by atoms with E-state index in [0.29, 0.717) is 0 Å². The van der Waals surface area contributed by atoms with E-state index in [9.17, 15) is 35.1 Å². The maximum Gasteiger partial charge on any atom is 0.416 e. The number of piperazine rings is 1. The first-order chi connectivity index (χ1) is 12.8. The molecule has 0 unspecified atom stereocenters. The molecule has 0 saturated carbocycles. The van der Waals surface area contributed by atoms with E-state index in [2.05, 4.69) is 10.1 Å². The van der Waals surface area contributed by atoms with Crippen molar-refractivity contribution in [1.82, 2.24) is 10.2 Å². The Morgan fingerprint density at radius 2 is 1.59 bits per heavy atom. The topological polar surface area (TPSA) is 44.7 Å². The smallest absolute Gasteiger partial charge is 0.416 e. The average molecular weight is 459 g/mol. The average Bonchev–Trinajstić information content (AvgIpc) is 2.60. The third-order valence-corrected chi connectivity index (χ3v) is 4.40. The van der Waals surface area contributed by atoms with E-state index in [1.807, 2.05) is 0 Å². The fourth-order valence-corrected chi connectivity index (χ4v) is 3.16. The quantitative estimate of drug-likeness (QED) is 0.660. The molecule has 0 spiro atoms. The normalized spacial score (nSPS) is 17.6. The molecule has 0 amide bonds. The van der Waals surface area contributed by atoms with E-state index in [1.54, 1.807) is 0 Å². The lowest BCUT2D eigenvalue weighted by Crippen LogP contribution is -2.51. The Labute approximate surface area is 167 Å². The number of aliphatic hydroxyl groups excluding tert-OH is 1. The maximum atomic E-state index is 14.5. The molecular formula is C16H19ClF8N2O2. The summed E-state index contributed by atoms with van der Waals surface area (Å²) in [7, 11) is 0.797. The Kier molecular flexibility index (Phi) is 8.13. The first-order valence-corrected chi connectivity index (χ1v) is 8.12. The summed E-state index contributed by atoms with van der Waals surface area (Å²) in [6, 6.07) is -2.28. The minimum atomic E-state index is -5.36. The van der Waals surface area contributed by atoms with Gasteiger partial charge in [-0.15, -0.1) is 12.4 Å². The number of rotatable bonds is 5. The van der Waals surface area contributed by atoms with E-state index in [0.717, 1.165) is 12.0 Å². The molecule has 29 heavy (non-hydrogen) atoms. The van der Waals surface area contributed by atoms with Crippen molar-refractivity contribution >= 4 is 12.4 Å². The molecule has 1 aromatic carbocycles. The van der Waals surface area contributed by atoms with Crippen molar-refractivity contribution in [1.29, 1.82) is 0 Å². The van der Waals surface area contributed by atoms with E-state index in [4.69, 9.17) is 5.11 Å². The summed E-state index contributed by atoms with van der Waals surface area (Å²) in [6.07, 6.45) is -10.5. The van der Waals surface area contributed by atoms with Crippen molar-refractivity contribution in [3.8, 4) is 5.75 Å². The van der Waals surface area contributed by atoms with Crippen molar-refractivity contribution in [3.63, 3.8) is 0 Å². The molecule has 2 N–H and O–H groups in total. The van der Waals surface area contributed by atoms with Crippen LogP contribution in [0.15, 0.2) is 12.1 Å². The highest BCUT2D eigenvalue weighted by atomic mass is 35.5. The standard InChI is InChI=1S/C16H18F8N2O2.ClH/c1-28-11-7-9(15(19,20)21)6-10(16(22,23)24)12(11)13(14(17,18)8-27)26-4-2-25-3-5-26;/h6-7,13,25,27H,2-5,8H2,1H3;1H/t13-;/m1./s1. The second-order valence-electron chi connectivity index (χ2n) is 6.24. The van der Waals surface area contributed by atoms with Gasteiger partial charge in [-0.1, -0.05) is 0 Å². The van der Waals surface area contributed by atoms with E-state index in [-0.39, 0.29) is 50.7 Å². The first kappa shape index (κ1) is 25.7. The second-order valence-corrected chi connectivity index (χ2v) is 6.24. The Hall–Kier alpha value is -1.37. The molecule has 13 heteroatoms. The number of methoxy groups -OCH3 is 1. The van der Waals surface area contributed by atoms with Gasteiger partial charge in [0.15, 0.2) is 0 Å². The second kappa shape index (κ2) is 9.19. The van der Waals surface area contributed by atoms with Crippen LogP contribution >= 0.6 is 12.4 Å². The van der Waals surface area contributed by atoms with Gasteiger partial charge in [-0.25, -0.2) is 8.78 Å². The molecule has 1 aliphatic rings. The van der Waals surface area contributed by atoms with Crippen molar-refractivity contribution in [2.45, 2.75) is 24.3 Å².